The van der Waals surface area contributed by atoms with Gasteiger partial charge in [0.05, 0.1) is 6.54 Å². The number of likely N-dealkylation sites (N-methyl/N-ethyl adjacent to an activating group) is 1. The van der Waals surface area contributed by atoms with Gasteiger partial charge >= 0.3 is 0 Å². The number of nitrogens with zero attached hydrogens (tertiary/aromatic N) is 2. The SMILES string of the molecule is CCc1ccccc1NC(=O)CN(C)C(=O)C1CCN(C(=O)COc2ccccc2)CC1. The first-order valence-electron chi connectivity index (χ1n) is 11.1. The predicted octanol–water partition coefficient (Wildman–Crippen LogP) is 2.96. The first-order chi connectivity index (χ1) is 15.5. The first kappa shape index (κ1) is 23.3. The molecule has 1 N–H and O–H groups in total. The molecule has 0 aromatic heterocycles. The number of hydrogen-bond donors (Lipinski definition) is 1. The van der Waals surface area contributed by atoms with Crippen LogP contribution in [0.1, 0.15) is 25.3 Å². The lowest BCUT2D eigenvalue weighted by atomic mass is 9.95. The summed E-state index contributed by atoms with van der Waals surface area (Å²) < 4.78 is 5.53. The van der Waals surface area contributed by atoms with Crippen molar-refractivity contribution in [3.63, 3.8) is 0 Å². The molecule has 0 atom stereocenters. The molecule has 32 heavy (non-hydrogen) atoms. The van der Waals surface area contributed by atoms with Gasteiger partial charge in [0, 0.05) is 31.7 Å². The fraction of sp³-hybridized carbons (Fsp3) is 0.400. The monoisotopic (exact) mass is 437 g/mol. The Hall–Kier alpha value is -3.35. The largest absolute Gasteiger partial charge is 0.484 e. The van der Waals surface area contributed by atoms with Crippen LogP contribution in [-0.2, 0) is 20.8 Å². The maximum absolute atomic E-state index is 12.8. The summed E-state index contributed by atoms with van der Waals surface area (Å²) >= 11 is 0. The second-order valence-electron chi connectivity index (χ2n) is 8.01. The molecule has 0 saturated carbocycles. The molecule has 0 spiro atoms. The van der Waals surface area contributed by atoms with Gasteiger partial charge in [0.15, 0.2) is 6.61 Å². The molecule has 1 fully saturated rings. The van der Waals surface area contributed by atoms with Crippen LogP contribution >= 0.6 is 0 Å². The second-order valence-corrected chi connectivity index (χ2v) is 8.01. The van der Waals surface area contributed by atoms with Gasteiger partial charge in [-0.2, -0.15) is 0 Å². The highest BCUT2D eigenvalue weighted by Crippen LogP contribution is 2.20. The Morgan fingerprint density at radius 1 is 1.03 bits per heavy atom. The van der Waals surface area contributed by atoms with Crippen molar-refractivity contribution in [3.8, 4) is 5.75 Å². The lowest BCUT2D eigenvalue weighted by molar-refractivity contribution is -0.141. The molecule has 7 nitrogen and oxygen atoms in total. The number of amides is 3. The lowest BCUT2D eigenvalue weighted by Gasteiger charge is -2.33. The van der Waals surface area contributed by atoms with Gasteiger partial charge in [-0.1, -0.05) is 43.3 Å². The quantitative estimate of drug-likeness (QED) is 0.689. The Kier molecular flexibility index (Phi) is 8.25. The minimum absolute atomic E-state index is 0.000935. The van der Waals surface area contributed by atoms with Crippen LogP contribution in [0.5, 0.6) is 5.75 Å². The second kappa shape index (κ2) is 11.3. The van der Waals surface area contributed by atoms with Crippen LogP contribution < -0.4 is 10.1 Å². The van der Waals surface area contributed by atoms with E-state index in [9.17, 15) is 14.4 Å². The Morgan fingerprint density at radius 3 is 2.38 bits per heavy atom. The molecule has 2 aromatic rings. The summed E-state index contributed by atoms with van der Waals surface area (Å²) in [5.74, 6) is 0.119. The number of benzene rings is 2. The van der Waals surface area contributed by atoms with Crippen LogP contribution in [0.4, 0.5) is 5.69 Å². The van der Waals surface area contributed by atoms with Crippen molar-refractivity contribution in [2.75, 3.05) is 38.6 Å². The molecule has 2 aromatic carbocycles. The molecule has 1 aliphatic heterocycles. The summed E-state index contributed by atoms with van der Waals surface area (Å²) in [6.07, 6.45) is 1.99. The molecule has 3 amide bonds. The third-order valence-corrected chi connectivity index (χ3v) is 5.73. The minimum atomic E-state index is -0.215. The van der Waals surface area contributed by atoms with Crippen molar-refractivity contribution in [1.29, 1.82) is 0 Å². The molecule has 3 rings (SSSR count). The predicted molar refractivity (Wildman–Crippen MR) is 123 cm³/mol. The molecule has 0 aliphatic carbocycles. The van der Waals surface area contributed by atoms with E-state index in [1.54, 1.807) is 11.9 Å². The Bertz CT molecular complexity index is 924. The van der Waals surface area contributed by atoms with Crippen LogP contribution in [0, 0.1) is 5.92 Å². The van der Waals surface area contributed by atoms with Crippen molar-refractivity contribution in [2.45, 2.75) is 26.2 Å². The van der Waals surface area contributed by atoms with Crippen LogP contribution in [0.2, 0.25) is 0 Å². The van der Waals surface area contributed by atoms with E-state index < -0.39 is 0 Å². The zero-order chi connectivity index (χ0) is 22.9. The minimum Gasteiger partial charge on any atom is -0.484 e. The van der Waals surface area contributed by atoms with Gasteiger partial charge < -0.3 is 19.9 Å². The number of carbonyl (C=O) groups is 3. The number of ether oxygens (including phenoxy) is 1. The normalized spacial score (nSPS) is 14.0. The summed E-state index contributed by atoms with van der Waals surface area (Å²) in [4.78, 5) is 40.9. The summed E-state index contributed by atoms with van der Waals surface area (Å²) in [6.45, 7) is 3.04. The van der Waals surface area contributed by atoms with Crippen LogP contribution in [0.25, 0.3) is 0 Å². The molecule has 170 valence electrons. The zero-order valence-electron chi connectivity index (χ0n) is 18.8. The van der Waals surface area contributed by atoms with Gasteiger partial charge in [-0.3, -0.25) is 14.4 Å². The Labute approximate surface area is 189 Å². The summed E-state index contributed by atoms with van der Waals surface area (Å²) in [6, 6.07) is 16.9. The van der Waals surface area contributed by atoms with Gasteiger partial charge in [0.2, 0.25) is 11.8 Å². The topological polar surface area (TPSA) is 79.0 Å². The highest BCUT2D eigenvalue weighted by molar-refractivity contribution is 5.95. The van der Waals surface area contributed by atoms with Gasteiger partial charge in [-0.25, -0.2) is 0 Å². The van der Waals surface area contributed by atoms with Crippen LogP contribution in [0.3, 0.4) is 0 Å². The van der Waals surface area contributed by atoms with E-state index in [-0.39, 0.29) is 36.8 Å². The van der Waals surface area contributed by atoms with E-state index in [4.69, 9.17) is 4.74 Å². The van der Waals surface area contributed by atoms with E-state index in [2.05, 4.69) is 5.32 Å². The molecule has 0 radical (unpaired) electrons. The standard InChI is InChI=1S/C25H31N3O4/c1-3-19-9-7-8-12-22(19)26-23(29)17-27(2)25(31)20-13-15-28(16-14-20)24(30)18-32-21-10-5-4-6-11-21/h4-12,20H,3,13-18H2,1-2H3,(H,26,29). The summed E-state index contributed by atoms with van der Waals surface area (Å²) in [5, 5.41) is 2.90. The number of piperidine rings is 1. The molecule has 1 saturated heterocycles. The number of nitrogens with one attached hydrogen (secondary N) is 1. The van der Waals surface area contributed by atoms with Crippen molar-refractivity contribution < 1.29 is 19.1 Å². The van der Waals surface area contributed by atoms with Crippen molar-refractivity contribution in [2.24, 2.45) is 5.92 Å². The third-order valence-electron chi connectivity index (χ3n) is 5.73. The number of carbonyl (C=O) groups excluding carboxylic acids is 3. The lowest BCUT2D eigenvalue weighted by Crippen LogP contribution is -2.46. The smallest absolute Gasteiger partial charge is 0.260 e. The molecule has 0 bridgehead atoms. The number of hydrogen-bond acceptors (Lipinski definition) is 4. The Balaban J connectivity index is 1.43. The van der Waals surface area contributed by atoms with Gasteiger partial charge in [-0.05, 0) is 43.0 Å². The van der Waals surface area contributed by atoms with Crippen molar-refractivity contribution in [3.05, 3.63) is 60.2 Å². The molecular weight excluding hydrogens is 406 g/mol. The van der Waals surface area contributed by atoms with E-state index in [1.807, 2.05) is 61.5 Å². The third kappa shape index (κ3) is 6.33. The Morgan fingerprint density at radius 2 is 1.69 bits per heavy atom. The van der Waals surface area contributed by atoms with Crippen molar-refractivity contribution in [1.82, 2.24) is 9.80 Å². The molecule has 7 heteroatoms. The maximum Gasteiger partial charge on any atom is 0.260 e. The number of anilines is 1. The number of para-hydroxylation sites is 2. The van der Waals surface area contributed by atoms with E-state index in [0.717, 1.165) is 17.7 Å². The zero-order valence-corrected chi connectivity index (χ0v) is 18.8. The molecule has 1 aliphatic rings. The highest BCUT2D eigenvalue weighted by atomic mass is 16.5. The summed E-state index contributed by atoms with van der Waals surface area (Å²) in [7, 11) is 1.65. The highest BCUT2D eigenvalue weighted by Gasteiger charge is 2.29. The van der Waals surface area contributed by atoms with Crippen molar-refractivity contribution >= 4 is 23.4 Å². The van der Waals surface area contributed by atoms with E-state index in [1.165, 1.54) is 4.90 Å². The van der Waals surface area contributed by atoms with Gasteiger partial charge in [0.1, 0.15) is 5.75 Å². The van der Waals surface area contributed by atoms with Gasteiger partial charge in [0.25, 0.3) is 5.91 Å². The average Bonchev–Trinajstić information content (AvgIpc) is 2.83. The van der Waals surface area contributed by atoms with Gasteiger partial charge in [-0.15, -0.1) is 0 Å². The maximum atomic E-state index is 12.8. The number of aryl methyl sites for hydroxylation is 1. The van der Waals surface area contributed by atoms with E-state index in [0.29, 0.717) is 31.7 Å². The van der Waals surface area contributed by atoms with Crippen LogP contribution in [-0.4, -0.2) is 60.8 Å². The first-order valence-corrected chi connectivity index (χ1v) is 11.1. The molecular formula is C25H31N3O4. The molecule has 1 heterocycles. The fourth-order valence-corrected chi connectivity index (χ4v) is 3.87. The van der Waals surface area contributed by atoms with Crippen LogP contribution in [0.15, 0.2) is 54.6 Å². The number of likely N-dealkylation sites (tertiary alicyclic amines) is 1. The average molecular weight is 438 g/mol. The number of rotatable bonds is 8. The van der Waals surface area contributed by atoms with E-state index >= 15 is 0 Å². The summed E-state index contributed by atoms with van der Waals surface area (Å²) in [5.41, 5.74) is 1.84. The molecule has 0 unspecified atom stereocenters. The fourth-order valence-electron chi connectivity index (χ4n) is 3.87.